The third-order valence-corrected chi connectivity index (χ3v) is 8.96. The van der Waals surface area contributed by atoms with Crippen LogP contribution in [0.4, 0.5) is 29.1 Å². The third-order valence-electron chi connectivity index (χ3n) is 8.96. The van der Waals surface area contributed by atoms with Gasteiger partial charge in [0.25, 0.3) is 0 Å². The molecule has 5 heterocycles. The van der Waals surface area contributed by atoms with Crippen molar-refractivity contribution in [2.24, 2.45) is 0 Å². The van der Waals surface area contributed by atoms with E-state index in [0.29, 0.717) is 40.3 Å². The van der Waals surface area contributed by atoms with E-state index < -0.39 is 0 Å². The number of ether oxygens (including phenoxy) is 2. The van der Waals surface area contributed by atoms with E-state index in [9.17, 15) is 0 Å². The van der Waals surface area contributed by atoms with Crippen LogP contribution in [0.25, 0.3) is 33.8 Å². The van der Waals surface area contributed by atoms with Gasteiger partial charge in [0.1, 0.15) is 11.5 Å². The molecule has 1 aliphatic rings. The zero-order chi connectivity index (χ0) is 39.0. The fraction of sp³-hybridized carbons (Fsp3) is 0.0698. The first-order chi connectivity index (χ1) is 28.0. The van der Waals surface area contributed by atoms with Gasteiger partial charge in [0.2, 0.25) is 23.7 Å². The van der Waals surface area contributed by atoms with Crippen LogP contribution in [0.3, 0.4) is 0 Å². The van der Waals surface area contributed by atoms with Gasteiger partial charge in [-0.15, -0.1) is 10.2 Å². The van der Waals surface area contributed by atoms with E-state index in [4.69, 9.17) is 26.7 Å². The highest BCUT2D eigenvalue weighted by atomic mass is 16.5. The Labute approximate surface area is 327 Å². The van der Waals surface area contributed by atoms with Crippen LogP contribution in [0, 0.1) is 0 Å². The molecule has 0 spiro atoms. The Morgan fingerprint density at radius 3 is 1.65 bits per heavy atom. The van der Waals surface area contributed by atoms with Gasteiger partial charge >= 0.3 is 0 Å². The predicted octanol–water partition coefficient (Wildman–Crippen LogP) is 8.10. The summed E-state index contributed by atoms with van der Waals surface area (Å²) < 4.78 is 11.9. The number of nitrogens with one attached hydrogen (secondary N) is 1. The van der Waals surface area contributed by atoms with Crippen molar-refractivity contribution in [3.8, 4) is 57.0 Å². The number of benzene rings is 3. The molecule has 3 aromatic carbocycles. The summed E-state index contributed by atoms with van der Waals surface area (Å²) in [7, 11) is 0. The first kappa shape index (κ1) is 36.0. The summed E-state index contributed by atoms with van der Waals surface area (Å²) >= 11 is 0. The molecule has 7 N–H and O–H groups in total. The molecule has 0 radical (unpaired) electrons. The summed E-state index contributed by atoms with van der Waals surface area (Å²) in [4.78, 5) is 24.9. The number of nitrogen functional groups attached to an aromatic ring is 3. The fourth-order valence-electron chi connectivity index (χ4n) is 6.30. The standard InChI is InChI=1S/C28H23N7O.C15H13N5O/c29-28-31-17-15-24(33-28)23-10-5-16-30-27(23)36-20-13-11-19(12-14-20)32-26-22-9-4-8-21(22)25(34-35-26)18-6-2-1-3-7-18;16-10-3-5-11(6-4-10)21-14-12(2-1-8-18-14)13-7-9-19-15(17)20-13/h1-3,5-7,10-17H,4,8-9H2,(H,32,35)(H2,29,31,33);1-9H,16H2,(H2,17,19,20). The SMILES string of the molecule is Nc1ccc(Oc2ncccc2-c2ccnc(N)n2)cc1.Nc1nccc(-c2cccnc2Oc2ccc(Nc3nnc(-c4ccccc4)c4c3CCC4)cc2)n1. The Balaban J connectivity index is 0.000000184. The van der Waals surface area contributed by atoms with E-state index in [2.05, 4.69) is 57.6 Å². The molecule has 280 valence electrons. The van der Waals surface area contributed by atoms with Gasteiger partial charge < -0.3 is 32.0 Å². The molecule has 5 aromatic heterocycles. The maximum atomic E-state index is 6.08. The second-order valence-electron chi connectivity index (χ2n) is 12.8. The molecule has 0 unspecified atom stereocenters. The second-order valence-corrected chi connectivity index (χ2v) is 12.8. The zero-order valence-electron chi connectivity index (χ0n) is 30.5. The maximum Gasteiger partial charge on any atom is 0.228 e. The molecule has 1 aliphatic carbocycles. The first-order valence-electron chi connectivity index (χ1n) is 18.1. The molecule has 0 bridgehead atoms. The van der Waals surface area contributed by atoms with Gasteiger partial charge in [-0.25, -0.2) is 29.9 Å². The van der Waals surface area contributed by atoms with Crippen molar-refractivity contribution in [1.29, 1.82) is 0 Å². The van der Waals surface area contributed by atoms with E-state index in [1.54, 1.807) is 61.2 Å². The average molecular weight is 753 g/mol. The van der Waals surface area contributed by atoms with Crippen molar-refractivity contribution >= 4 is 29.1 Å². The summed E-state index contributed by atoms with van der Waals surface area (Å²) in [5.74, 6) is 3.39. The molecule has 0 atom stereocenters. The maximum absolute atomic E-state index is 6.08. The lowest BCUT2D eigenvalue weighted by Crippen LogP contribution is -2.03. The molecule has 0 fully saturated rings. The molecular formula is C43H36N12O2. The smallest absolute Gasteiger partial charge is 0.228 e. The first-order valence-corrected chi connectivity index (χ1v) is 18.1. The number of pyridine rings is 2. The van der Waals surface area contributed by atoms with Crippen LogP contribution < -0.4 is 32.0 Å². The molecular weight excluding hydrogens is 717 g/mol. The molecule has 0 saturated heterocycles. The molecule has 0 aliphatic heterocycles. The highest BCUT2D eigenvalue weighted by Crippen LogP contribution is 2.36. The Hall–Kier alpha value is -8.00. The minimum absolute atomic E-state index is 0.198. The second kappa shape index (κ2) is 16.6. The number of fused-ring (bicyclic) bond motifs is 1. The van der Waals surface area contributed by atoms with Crippen LogP contribution in [0.15, 0.2) is 140 Å². The number of aromatic nitrogens is 8. The van der Waals surface area contributed by atoms with Gasteiger partial charge in [-0.1, -0.05) is 30.3 Å². The quantitative estimate of drug-likeness (QED) is 0.103. The highest BCUT2D eigenvalue weighted by Gasteiger charge is 2.22. The normalized spacial score (nSPS) is 11.5. The van der Waals surface area contributed by atoms with Gasteiger partial charge in [0.05, 0.1) is 28.2 Å². The Kier molecular flexibility index (Phi) is 10.5. The van der Waals surface area contributed by atoms with Crippen LogP contribution in [0.1, 0.15) is 17.5 Å². The minimum atomic E-state index is 0.198. The number of nitrogens with two attached hydrogens (primary N) is 3. The zero-order valence-corrected chi connectivity index (χ0v) is 30.5. The predicted molar refractivity (Wildman–Crippen MR) is 220 cm³/mol. The Morgan fingerprint density at radius 2 is 1.07 bits per heavy atom. The lowest BCUT2D eigenvalue weighted by molar-refractivity contribution is 0.464. The minimum Gasteiger partial charge on any atom is -0.438 e. The van der Waals surface area contributed by atoms with Gasteiger partial charge in [0, 0.05) is 47.3 Å². The van der Waals surface area contributed by atoms with Gasteiger partial charge in [-0.05, 0) is 110 Å². The number of hydrogen-bond donors (Lipinski definition) is 4. The van der Waals surface area contributed by atoms with E-state index in [0.717, 1.165) is 53.2 Å². The number of anilines is 5. The van der Waals surface area contributed by atoms with E-state index in [-0.39, 0.29) is 11.9 Å². The molecule has 8 aromatic rings. The molecule has 0 amide bonds. The summed E-state index contributed by atoms with van der Waals surface area (Å²) in [6, 6.07) is 35.9. The number of nitrogens with zero attached hydrogens (tertiary/aromatic N) is 8. The van der Waals surface area contributed by atoms with E-state index in [1.807, 2.05) is 66.7 Å². The van der Waals surface area contributed by atoms with Crippen LogP contribution in [-0.4, -0.2) is 40.1 Å². The lowest BCUT2D eigenvalue weighted by atomic mass is 10.0. The molecule has 14 heteroatoms. The van der Waals surface area contributed by atoms with Crippen LogP contribution in [-0.2, 0) is 12.8 Å². The molecule has 9 rings (SSSR count). The van der Waals surface area contributed by atoms with Crippen molar-refractivity contribution in [3.05, 3.63) is 151 Å². The highest BCUT2D eigenvalue weighted by molar-refractivity contribution is 5.71. The molecule has 14 nitrogen and oxygen atoms in total. The van der Waals surface area contributed by atoms with Crippen molar-refractivity contribution in [2.75, 3.05) is 22.5 Å². The average Bonchev–Trinajstić information content (AvgIpc) is 3.75. The van der Waals surface area contributed by atoms with E-state index in [1.165, 1.54) is 11.1 Å². The van der Waals surface area contributed by atoms with Gasteiger partial charge in [0.15, 0.2) is 5.82 Å². The van der Waals surface area contributed by atoms with E-state index >= 15 is 0 Å². The summed E-state index contributed by atoms with van der Waals surface area (Å²) in [5.41, 5.74) is 26.0. The van der Waals surface area contributed by atoms with Gasteiger partial charge in [-0.2, -0.15) is 0 Å². The van der Waals surface area contributed by atoms with Crippen LogP contribution in [0.5, 0.6) is 23.3 Å². The summed E-state index contributed by atoms with van der Waals surface area (Å²) in [6.45, 7) is 0. The lowest BCUT2D eigenvalue weighted by Gasteiger charge is -2.13. The largest absolute Gasteiger partial charge is 0.438 e. The van der Waals surface area contributed by atoms with Crippen molar-refractivity contribution < 1.29 is 9.47 Å². The van der Waals surface area contributed by atoms with Crippen molar-refractivity contribution in [3.63, 3.8) is 0 Å². The van der Waals surface area contributed by atoms with Gasteiger partial charge in [-0.3, -0.25) is 0 Å². The Bertz CT molecular complexity index is 2630. The molecule has 57 heavy (non-hydrogen) atoms. The number of hydrogen-bond acceptors (Lipinski definition) is 14. The topological polar surface area (TPSA) is 212 Å². The monoisotopic (exact) mass is 752 g/mol. The molecule has 0 saturated carbocycles. The van der Waals surface area contributed by atoms with Crippen LogP contribution >= 0.6 is 0 Å². The Morgan fingerprint density at radius 1 is 0.509 bits per heavy atom. The number of rotatable bonds is 9. The van der Waals surface area contributed by atoms with Crippen LogP contribution in [0.2, 0.25) is 0 Å². The third kappa shape index (κ3) is 8.55. The fourth-order valence-corrected chi connectivity index (χ4v) is 6.30. The van der Waals surface area contributed by atoms with Crippen molar-refractivity contribution in [2.45, 2.75) is 19.3 Å². The summed E-state index contributed by atoms with van der Waals surface area (Å²) in [6.07, 6.45) is 9.65. The summed E-state index contributed by atoms with van der Waals surface area (Å²) in [5, 5.41) is 12.6. The van der Waals surface area contributed by atoms with Crippen molar-refractivity contribution in [1.82, 2.24) is 40.1 Å².